The lowest BCUT2D eigenvalue weighted by Gasteiger charge is -2.29. The number of anilines is 1. The van der Waals surface area contributed by atoms with Crippen LogP contribution in [0.2, 0.25) is 0 Å². The molecular weight excluding hydrogens is 318 g/mol. The molecule has 0 spiro atoms. The minimum Gasteiger partial charge on any atom is -0.376 e. The molecule has 7 nitrogen and oxygen atoms in total. The van der Waals surface area contributed by atoms with Crippen molar-refractivity contribution in [2.24, 2.45) is 5.14 Å². The highest BCUT2D eigenvalue weighted by Crippen LogP contribution is 2.17. The van der Waals surface area contributed by atoms with Crippen LogP contribution in [-0.2, 0) is 14.8 Å². The summed E-state index contributed by atoms with van der Waals surface area (Å²) in [6.07, 6.45) is 3.19. The summed E-state index contributed by atoms with van der Waals surface area (Å²) in [5.41, 5.74) is 0.393. The quantitative estimate of drug-likeness (QED) is 0.852. The predicted molar refractivity (Wildman–Crippen MR) is 87.7 cm³/mol. The van der Waals surface area contributed by atoms with E-state index in [4.69, 9.17) is 9.88 Å². The molecule has 2 amide bonds. The zero-order valence-electron chi connectivity index (χ0n) is 13.2. The molecule has 1 aliphatic rings. The summed E-state index contributed by atoms with van der Waals surface area (Å²) in [7, 11) is -3.79. The molecule has 1 saturated heterocycles. The Balaban J connectivity index is 2.01. The van der Waals surface area contributed by atoms with E-state index < -0.39 is 10.0 Å². The van der Waals surface area contributed by atoms with Crippen molar-refractivity contribution in [1.29, 1.82) is 0 Å². The van der Waals surface area contributed by atoms with Gasteiger partial charge in [-0.2, -0.15) is 0 Å². The molecule has 0 saturated carbocycles. The Morgan fingerprint density at radius 1 is 1.43 bits per heavy atom. The van der Waals surface area contributed by atoms with Gasteiger partial charge in [0, 0.05) is 25.4 Å². The topological polar surface area (TPSA) is 102 Å². The van der Waals surface area contributed by atoms with E-state index >= 15 is 0 Å². The van der Waals surface area contributed by atoms with Crippen LogP contribution in [0.4, 0.5) is 10.5 Å². The third-order valence-corrected chi connectivity index (χ3v) is 4.69. The van der Waals surface area contributed by atoms with Gasteiger partial charge in [0.05, 0.1) is 11.0 Å². The van der Waals surface area contributed by atoms with E-state index in [1.54, 1.807) is 11.0 Å². The van der Waals surface area contributed by atoms with Crippen LogP contribution in [0.15, 0.2) is 29.2 Å². The molecule has 1 fully saturated rings. The maximum Gasteiger partial charge on any atom is 0.321 e. The molecule has 3 N–H and O–H groups in total. The minimum absolute atomic E-state index is 0.0334. The van der Waals surface area contributed by atoms with Crippen LogP contribution >= 0.6 is 0 Å². The molecule has 0 unspecified atom stereocenters. The Hall–Kier alpha value is -1.64. The molecule has 0 aromatic heterocycles. The van der Waals surface area contributed by atoms with Crippen molar-refractivity contribution in [2.75, 3.05) is 25.0 Å². The fraction of sp³-hybridized carbons (Fsp3) is 0.533. The van der Waals surface area contributed by atoms with Crippen molar-refractivity contribution in [1.82, 2.24) is 4.90 Å². The summed E-state index contributed by atoms with van der Waals surface area (Å²) >= 11 is 0. The number of rotatable bonds is 5. The molecule has 1 aromatic rings. The lowest BCUT2D eigenvalue weighted by Crippen LogP contribution is -2.41. The summed E-state index contributed by atoms with van der Waals surface area (Å²) in [6, 6.07) is 5.61. The van der Waals surface area contributed by atoms with E-state index in [9.17, 15) is 13.2 Å². The first-order valence-electron chi connectivity index (χ1n) is 7.70. The Kier molecular flexibility index (Phi) is 5.97. The zero-order chi connectivity index (χ0) is 16.9. The number of amides is 2. The first kappa shape index (κ1) is 17.7. The highest BCUT2D eigenvalue weighted by molar-refractivity contribution is 7.89. The monoisotopic (exact) mass is 341 g/mol. The van der Waals surface area contributed by atoms with Gasteiger partial charge in [-0.15, -0.1) is 0 Å². The average molecular weight is 341 g/mol. The van der Waals surface area contributed by atoms with Gasteiger partial charge < -0.3 is 15.0 Å². The number of sulfonamides is 1. The van der Waals surface area contributed by atoms with Gasteiger partial charge in [-0.3, -0.25) is 0 Å². The van der Waals surface area contributed by atoms with Crippen LogP contribution in [0.5, 0.6) is 0 Å². The summed E-state index contributed by atoms with van der Waals surface area (Å²) in [5.74, 6) is 0. The molecule has 1 aromatic carbocycles. The van der Waals surface area contributed by atoms with E-state index in [2.05, 4.69) is 5.32 Å². The Labute approximate surface area is 136 Å². The molecule has 0 aliphatic carbocycles. The first-order chi connectivity index (χ1) is 10.9. The lowest BCUT2D eigenvalue weighted by molar-refractivity contribution is 0.00221. The second-order valence-electron chi connectivity index (χ2n) is 5.53. The van der Waals surface area contributed by atoms with E-state index in [0.29, 0.717) is 18.8 Å². The predicted octanol–water partition coefficient (Wildman–Crippen LogP) is 1.76. The van der Waals surface area contributed by atoms with Crippen molar-refractivity contribution >= 4 is 21.7 Å². The van der Waals surface area contributed by atoms with Gasteiger partial charge in [-0.1, -0.05) is 6.07 Å². The van der Waals surface area contributed by atoms with Crippen LogP contribution in [0.25, 0.3) is 0 Å². The number of hydrogen-bond donors (Lipinski definition) is 2. The van der Waals surface area contributed by atoms with Crippen LogP contribution in [-0.4, -0.2) is 45.1 Å². The summed E-state index contributed by atoms with van der Waals surface area (Å²) < 4.78 is 28.4. The number of carbonyl (C=O) groups is 1. The second kappa shape index (κ2) is 7.76. The summed E-state index contributed by atoms with van der Waals surface area (Å²) in [5, 5.41) is 7.81. The number of primary sulfonamides is 1. The third kappa shape index (κ3) is 5.19. The van der Waals surface area contributed by atoms with Crippen molar-refractivity contribution in [2.45, 2.75) is 37.2 Å². The smallest absolute Gasteiger partial charge is 0.321 e. The normalized spacial score (nSPS) is 18.4. The minimum atomic E-state index is -3.79. The third-order valence-electron chi connectivity index (χ3n) is 3.78. The molecule has 1 aliphatic heterocycles. The number of likely N-dealkylation sites (N-methyl/N-ethyl adjacent to an activating group) is 1. The number of nitrogens with two attached hydrogens (primary N) is 1. The zero-order valence-corrected chi connectivity index (χ0v) is 14.0. The average Bonchev–Trinajstić information content (AvgIpc) is 2.53. The van der Waals surface area contributed by atoms with Crippen molar-refractivity contribution in [3.63, 3.8) is 0 Å². The number of benzene rings is 1. The van der Waals surface area contributed by atoms with Gasteiger partial charge in [0.1, 0.15) is 0 Å². The SMILES string of the molecule is CCN(C[C@H]1CCCCO1)C(=O)Nc1cccc(S(N)(=O)=O)c1. The molecule has 0 bridgehead atoms. The molecule has 1 atom stereocenters. The molecule has 8 heteroatoms. The van der Waals surface area contributed by atoms with Gasteiger partial charge in [0.25, 0.3) is 0 Å². The number of carbonyl (C=O) groups excluding carboxylic acids is 1. The molecule has 1 heterocycles. The molecule has 23 heavy (non-hydrogen) atoms. The van der Waals surface area contributed by atoms with Gasteiger partial charge >= 0.3 is 6.03 Å². The van der Waals surface area contributed by atoms with Crippen molar-refractivity contribution in [3.05, 3.63) is 24.3 Å². The Morgan fingerprint density at radius 2 is 2.22 bits per heavy atom. The van der Waals surface area contributed by atoms with E-state index in [0.717, 1.165) is 25.9 Å². The fourth-order valence-electron chi connectivity index (χ4n) is 2.51. The largest absolute Gasteiger partial charge is 0.376 e. The van der Waals surface area contributed by atoms with Crippen LogP contribution < -0.4 is 10.5 Å². The van der Waals surface area contributed by atoms with Crippen LogP contribution in [0.1, 0.15) is 26.2 Å². The first-order valence-corrected chi connectivity index (χ1v) is 9.25. The van der Waals surface area contributed by atoms with Crippen LogP contribution in [0, 0.1) is 0 Å². The summed E-state index contributed by atoms with van der Waals surface area (Å²) in [4.78, 5) is 14.0. The lowest BCUT2D eigenvalue weighted by atomic mass is 10.1. The molecule has 128 valence electrons. The van der Waals surface area contributed by atoms with Crippen molar-refractivity contribution < 1.29 is 17.9 Å². The summed E-state index contributed by atoms with van der Waals surface area (Å²) in [6.45, 7) is 3.70. The van der Waals surface area contributed by atoms with Gasteiger partial charge in [-0.25, -0.2) is 18.4 Å². The second-order valence-corrected chi connectivity index (χ2v) is 7.09. The number of urea groups is 1. The fourth-order valence-corrected chi connectivity index (χ4v) is 3.07. The molecule has 0 radical (unpaired) electrons. The Bertz CT molecular complexity index is 642. The highest BCUT2D eigenvalue weighted by Gasteiger charge is 2.20. The molecular formula is C15H23N3O4S. The molecule has 2 rings (SSSR count). The van der Waals surface area contributed by atoms with Gasteiger partial charge in [-0.05, 0) is 44.4 Å². The number of nitrogens with one attached hydrogen (secondary N) is 1. The van der Waals surface area contributed by atoms with E-state index in [1.807, 2.05) is 6.92 Å². The van der Waals surface area contributed by atoms with E-state index in [1.165, 1.54) is 18.2 Å². The number of hydrogen-bond acceptors (Lipinski definition) is 4. The van der Waals surface area contributed by atoms with Gasteiger partial charge in [0.15, 0.2) is 0 Å². The maximum atomic E-state index is 12.4. The standard InChI is InChI=1S/C15H23N3O4S/c1-2-18(11-13-7-3-4-9-22-13)15(19)17-12-6-5-8-14(10-12)23(16,20)21/h5-6,8,10,13H,2-4,7,9,11H2,1H3,(H,17,19)(H2,16,20,21)/t13-/m1/s1. The highest BCUT2D eigenvalue weighted by atomic mass is 32.2. The number of nitrogens with zero attached hydrogens (tertiary/aromatic N) is 1. The maximum absolute atomic E-state index is 12.4. The van der Waals surface area contributed by atoms with E-state index in [-0.39, 0.29) is 17.0 Å². The Morgan fingerprint density at radius 3 is 2.83 bits per heavy atom. The van der Waals surface area contributed by atoms with Gasteiger partial charge in [0.2, 0.25) is 10.0 Å². The van der Waals surface area contributed by atoms with Crippen LogP contribution in [0.3, 0.4) is 0 Å². The van der Waals surface area contributed by atoms with Crippen molar-refractivity contribution in [3.8, 4) is 0 Å². The number of ether oxygens (including phenoxy) is 1.